The van der Waals surface area contributed by atoms with Crippen LogP contribution < -0.4 is 10.1 Å². The van der Waals surface area contributed by atoms with Crippen LogP contribution in [0.25, 0.3) is 0 Å². The number of imidazole rings is 1. The van der Waals surface area contributed by atoms with Crippen molar-refractivity contribution in [3.8, 4) is 5.75 Å². The smallest absolute Gasteiger partial charge is 0.251 e. The van der Waals surface area contributed by atoms with Crippen molar-refractivity contribution in [2.45, 2.75) is 64.3 Å². The second kappa shape index (κ2) is 14.9. The number of carbonyl (C=O) groups is 1. The molecule has 5 heteroatoms. The number of aromatic nitrogens is 2. The second-order valence-corrected chi connectivity index (χ2v) is 8.49. The van der Waals surface area contributed by atoms with Crippen molar-refractivity contribution in [1.82, 2.24) is 14.9 Å². The quantitative estimate of drug-likeness (QED) is 0.272. The van der Waals surface area contributed by atoms with Crippen molar-refractivity contribution in [2.24, 2.45) is 0 Å². The van der Waals surface area contributed by atoms with Gasteiger partial charge in [0.15, 0.2) is 0 Å². The number of rotatable bonds is 16. The van der Waals surface area contributed by atoms with Gasteiger partial charge in [0.05, 0.1) is 12.9 Å². The predicted octanol–water partition coefficient (Wildman–Crippen LogP) is 6.06. The summed E-state index contributed by atoms with van der Waals surface area (Å²) in [6.45, 7) is 2.49. The normalized spacial score (nSPS) is 10.8. The van der Waals surface area contributed by atoms with Gasteiger partial charge in [0, 0.05) is 31.0 Å². The summed E-state index contributed by atoms with van der Waals surface area (Å²) in [5.41, 5.74) is 1.89. The van der Waals surface area contributed by atoms with E-state index in [-0.39, 0.29) is 5.91 Å². The van der Waals surface area contributed by atoms with Gasteiger partial charge < -0.3 is 14.6 Å². The Kier molecular flexibility index (Phi) is 11.1. The topological polar surface area (TPSA) is 56.1 Å². The number of hydrogen-bond donors (Lipinski definition) is 1. The van der Waals surface area contributed by atoms with E-state index in [2.05, 4.69) is 27.0 Å². The Hall–Kier alpha value is -3.08. The number of ether oxygens (including phenoxy) is 1. The van der Waals surface area contributed by atoms with E-state index in [1.54, 1.807) is 0 Å². The minimum atomic E-state index is -0.0267. The summed E-state index contributed by atoms with van der Waals surface area (Å²) in [6, 6.07) is 17.5. The average Bonchev–Trinajstić information content (AvgIpc) is 3.37. The van der Waals surface area contributed by atoms with Crippen LogP contribution >= 0.6 is 0 Å². The summed E-state index contributed by atoms with van der Waals surface area (Å²) in [7, 11) is 0. The fourth-order valence-corrected chi connectivity index (χ4v) is 3.83. The molecule has 0 atom stereocenters. The zero-order valence-electron chi connectivity index (χ0n) is 19.6. The monoisotopic (exact) mass is 447 g/mol. The Morgan fingerprint density at radius 2 is 1.55 bits per heavy atom. The third-order valence-corrected chi connectivity index (χ3v) is 5.80. The maximum atomic E-state index is 12.1. The molecule has 1 N–H and O–H groups in total. The highest BCUT2D eigenvalue weighted by Crippen LogP contribution is 2.14. The van der Waals surface area contributed by atoms with Crippen molar-refractivity contribution >= 4 is 5.91 Å². The Morgan fingerprint density at radius 1 is 0.848 bits per heavy atom. The largest absolute Gasteiger partial charge is 0.494 e. The molecule has 0 unspecified atom stereocenters. The molecule has 3 rings (SSSR count). The molecule has 0 fully saturated rings. The van der Waals surface area contributed by atoms with Gasteiger partial charge in [0.2, 0.25) is 0 Å². The first-order valence-corrected chi connectivity index (χ1v) is 12.3. The van der Waals surface area contributed by atoms with Crippen LogP contribution in [0.15, 0.2) is 73.3 Å². The third-order valence-electron chi connectivity index (χ3n) is 5.80. The van der Waals surface area contributed by atoms with Crippen molar-refractivity contribution in [3.05, 3.63) is 84.4 Å². The van der Waals surface area contributed by atoms with Crippen LogP contribution in [0, 0.1) is 0 Å². The Bertz CT molecular complexity index is 893. The first-order chi connectivity index (χ1) is 16.3. The number of carbonyl (C=O) groups excluding carboxylic acids is 1. The van der Waals surface area contributed by atoms with E-state index in [0.717, 1.165) is 31.7 Å². The first-order valence-electron chi connectivity index (χ1n) is 12.3. The molecule has 0 spiro atoms. The molecular weight excluding hydrogens is 410 g/mol. The van der Waals surface area contributed by atoms with E-state index >= 15 is 0 Å². The molecule has 0 saturated heterocycles. The van der Waals surface area contributed by atoms with E-state index in [0.29, 0.717) is 12.1 Å². The predicted molar refractivity (Wildman–Crippen MR) is 134 cm³/mol. The summed E-state index contributed by atoms with van der Waals surface area (Å²) in [5, 5.41) is 2.97. The summed E-state index contributed by atoms with van der Waals surface area (Å²) < 4.78 is 8.03. The molecule has 0 bridgehead atoms. The summed E-state index contributed by atoms with van der Waals surface area (Å²) in [4.78, 5) is 16.1. The van der Waals surface area contributed by atoms with Crippen LogP contribution in [0.4, 0.5) is 0 Å². The fourth-order valence-electron chi connectivity index (χ4n) is 3.83. The van der Waals surface area contributed by atoms with Crippen molar-refractivity contribution in [2.75, 3.05) is 13.2 Å². The number of unbranched alkanes of at least 4 members (excludes halogenated alkanes) is 7. The third kappa shape index (κ3) is 9.94. The van der Waals surface area contributed by atoms with Gasteiger partial charge in [-0.15, -0.1) is 0 Å². The maximum Gasteiger partial charge on any atom is 0.251 e. The number of benzene rings is 2. The Morgan fingerprint density at radius 3 is 2.24 bits per heavy atom. The van der Waals surface area contributed by atoms with Crippen LogP contribution in [0.2, 0.25) is 0 Å². The van der Waals surface area contributed by atoms with E-state index in [4.69, 9.17) is 4.74 Å². The van der Waals surface area contributed by atoms with Gasteiger partial charge in [-0.25, -0.2) is 4.98 Å². The van der Waals surface area contributed by atoms with Gasteiger partial charge in [-0.2, -0.15) is 0 Å². The second-order valence-electron chi connectivity index (χ2n) is 8.49. The molecule has 0 aliphatic heterocycles. The molecule has 5 nitrogen and oxygen atoms in total. The number of nitrogens with one attached hydrogen (secondary N) is 1. The van der Waals surface area contributed by atoms with Crippen molar-refractivity contribution in [1.29, 1.82) is 0 Å². The van der Waals surface area contributed by atoms with Crippen molar-refractivity contribution < 1.29 is 9.53 Å². The molecule has 0 aliphatic carbocycles. The highest BCUT2D eigenvalue weighted by Gasteiger charge is 2.03. The van der Waals surface area contributed by atoms with Crippen LogP contribution in [-0.2, 0) is 13.0 Å². The Balaban J connectivity index is 1.15. The van der Waals surface area contributed by atoms with Gasteiger partial charge in [-0.3, -0.25) is 4.79 Å². The minimum absolute atomic E-state index is 0.0267. The number of amides is 1. The fraction of sp³-hybridized carbons (Fsp3) is 0.429. The highest BCUT2D eigenvalue weighted by molar-refractivity contribution is 5.94. The van der Waals surface area contributed by atoms with E-state index in [9.17, 15) is 4.79 Å². The van der Waals surface area contributed by atoms with Gasteiger partial charge in [-0.1, -0.05) is 68.9 Å². The van der Waals surface area contributed by atoms with Gasteiger partial charge in [0.25, 0.3) is 5.91 Å². The molecule has 3 aromatic rings. The lowest BCUT2D eigenvalue weighted by Gasteiger charge is -2.08. The van der Waals surface area contributed by atoms with Crippen LogP contribution in [0.1, 0.15) is 67.3 Å². The summed E-state index contributed by atoms with van der Waals surface area (Å²) >= 11 is 0. The first kappa shape index (κ1) is 24.6. The SMILES string of the molecule is O=C(NCCc1ccc(OCCCCCCCCCCn2ccnc2)cc1)c1ccccc1. The van der Waals surface area contributed by atoms with E-state index < -0.39 is 0 Å². The van der Waals surface area contributed by atoms with E-state index in [1.165, 1.54) is 50.5 Å². The maximum absolute atomic E-state index is 12.1. The molecule has 0 aliphatic rings. The lowest BCUT2D eigenvalue weighted by molar-refractivity contribution is 0.0954. The molecular formula is C28H37N3O2. The van der Waals surface area contributed by atoms with Crippen molar-refractivity contribution in [3.63, 3.8) is 0 Å². The molecule has 1 aromatic heterocycles. The lowest BCUT2D eigenvalue weighted by Crippen LogP contribution is -2.25. The number of hydrogen-bond acceptors (Lipinski definition) is 3. The van der Waals surface area contributed by atoms with Gasteiger partial charge >= 0.3 is 0 Å². The number of nitrogens with zero attached hydrogens (tertiary/aromatic N) is 2. The molecule has 1 heterocycles. The molecule has 0 saturated carbocycles. The number of aryl methyl sites for hydroxylation is 1. The summed E-state index contributed by atoms with van der Waals surface area (Å²) in [5.74, 6) is 0.895. The zero-order valence-corrected chi connectivity index (χ0v) is 19.6. The van der Waals surface area contributed by atoms with Crippen LogP contribution in [-0.4, -0.2) is 28.6 Å². The molecule has 0 radical (unpaired) electrons. The molecule has 176 valence electrons. The highest BCUT2D eigenvalue weighted by atomic mass is 16.5. The minimum Gasteiger partial charge on any atom is -0.494 e. The standard InChI is InChI=1S/C28H37N3O2/c32-28(26-12-8-7-9-13-26)30-19-18-25-14-16-27(17-15-25)33-23-11-6-4-2-1-3-5-10-21-31-22-20-29-24-31/h7-9,12-17,20,22,24H,1-6,10-11,18-19,21,23H2,(H,30,32). The molecule has 1 amide bonds. The van der Waals surface area contributed by atoms with Gasteiger partial charge in [-0.05, 0) is 49.1 Å². The molecule has 33 heavy (non-hydrogen) atoms. The average molecular weight is 448 g/mol. The van der Waals surface area contributed by atoms with Gasteiger partial charge in [0.1, 0.15) is 5.75 Å². The zero-order chi connectivity index (χ0) is 23.0. The van der Waals surface area contributed by atoms with Crippen LogP contribution in [0.5, 0.6) is 5.75 Å². The molecule has 2 aromatic carbocycles. The Labute approximate surface area is 198 Å². The van der Waals surface area contributed by atoms with E-state index in [1.807, 2.05) is 61.2 Å². The lowest BCUT2D eigenvalue weighted by atomic mass is 10.1. The summed E-state index contributed by atoms with van der Waals surface area (Å²) in [6.07, 6.45) is 16.7. The van der Waals surface area contributed by atoms with Crippen LogP contribution in [0.3, 0.4) is 0 Å².